The second-order valence-electron chi connectivity index (χ2n) is 23.1. The smallest absolute Gasteiger partial charge is 0.410 e. The van der Waals surface area contributed by atoms with Crippen molar-refractivity contribution in [2.24, 2.45) is 39.0 Å². The van der Waals surface area contributed by atoms with Crippen molar-refractivity contribution in [3.63, 3.8) is 0 Å². The molecule has 4 aromatic carbocycles. The molecular weight excluding hydrogens is 2230 g/mol. The van der Waals surface area contributed by atoms with Gasteiger partial charge in [0, 0.05) is 40.2 Å². The number of alkyl carbamates (subject to hydrolysis) is 2. The third-order valence-electron chi connectivity index (χ3n) is 12.8. The second-order valence-corrected chi connectivity index (χ2v) is 32.7. The number of phenolic OH excluding ortho intramolecular Hbond substituents is 1. The molecule has 0 radical (unpaired) electrons. The van der Waals surface area contributed by atoms with E-state index in [4.69, 9.17) is 71.4 Å². The summed E-state index contributed by atoms with van der Waals surface area (Å²) in [5, 5.41) is 28.5. The van der Waals surface area contributed by atoms with E-state index in [-0.39, 0.29) is 74.9 Å². The number of guanidine groups is 2. The molecule has 4 aromatic rings. The van der Waals surface area contributed by atoms with Crippen molar-refractivity contribution in [1.82, 2.24) is 16.0 Å². The van der Waals surface area contributed by atoms with Gasteiger partial charge in [0.15, 0.2) is 24.4 Å². The normalized spacial score (nSPS) is 13.7. The minimum Gasteiger partial charge on any atom is -0.506 e. The fourth-order valence-corrected chi connectivity index (χ4v) is 16.2. The van der Waals surface area contributed by atoms with E-state index >= 15 is 0 Å². The maximum Gasteiger partial charge on any atom is 0.410 e. The number of alkyl halides is 1. The number of methoxy groups -OCH3 is 2. The molecule has 11 N–H and O–H groups in total. The summed E-state index contributed by atoms with van der Waals surface area (Å²) in [6, 6.07) is 14.6. The predicted octanol–water partition coefficient (Wildman–Crippen LogP) is 13.8. The van der Waals surface area contributed by atoms with E-state index in [0.29, 0.717) is 86.7 Å². The van der Waals surface area contributed by atoms with Crippen LogP contribution < -0.4 is 47.4 Å². The summed E-state index contributed by atoms with van der Waals surface area (Å²) in [6.45, 7) is 17.1. The van der Waals surface area contributed by atoms with Crippen LogP contribution in [0.1, 0.15) is 112 Å². The number of aromatic hydroxyl groups is 1. The number of carbonyl (C=O) groups is 6. The van der Waals surface area contributed by atoms with Crippen molar-refractivity contribution < 1.29 is 86.3 Å². The number of aliphatic hydroxyl groups excluding tert-OH is 1. The summed E-state index contributed by atoms with van der Waals surface area (Å²) >= 11 is 22.4. The lowest BCUT2D eigenvalue weighted by Crippen LogP contribution is -2.41. The van der Waals surface area contributed by atoms with E-state index in [1.165, 1.54) is 14.2 Å². The topological polar surface area (TPSA) is 377 Å². The van der Waals surface area contributed by atoms with Crippen molar-refractivity contribution >= 4 is 241 Å². The van der Waals surface area contributed by atoms with Crippen LogP contribution >= 0.6 is 192 Å². The molecule has 26 nitrogen and oxygen atoms in total. The summed E-state index contributed by atoms with van der Waals surface area (Å²) in [5.41, 5.74) is 16.7. The Morgan fingerprint density at radius 2 is 1.03 bits per heavy atom. The number of rotatable bonds is 32. The first-order chi connectivity index (χ1) is 46.5. The molecule has 0 aliphatic carbocycles. The zero-order valence-corrected chi connectivity index (χ0v) is 74.1. The maximum absolute atomic E-state index is 12.3. The summed E-state index contributed by atoms with van der Waals surface area (Å²) in [4.78, 5) is 77.3. The largest absolute Gasteiger partial charge is 0.506 e. The molecular formula is C65H89ClI8N8O18. The van der Waals surface area contributed by atoms with E-state index in [1.807, 2.05) is 50.2 Å². The van der Waals surface area contributed by atoms with Crippen molar-refractivity contribution in [2.75, 3.05) is 52.9 Å². The van der Waals surface area contributed by atoms with Crippen LogP contribution in [0.2, 0.25) is 0 Å². The number of epoxide rings is 1. The molecule has 0 saturated carbocycles. The number of hydrogen-bond acceptors (Lipinski definition) is 20. The van der Waals surface area contributed by atoms with E-state index in [2.05, 4.69) is 211 Å². The number of esters is 2. The number of nitrogens with zero attached hydrogens (tertiary/aromatic N) is 2. The van der Waals surface area contributed by atoms with Crippen LogP contribution in [-0.2, 0) is 65.2 Å². The Bertz CT molecular complexity index is 3230. The van der Waals surface area contributed by atoms with Crippen LogP contribution in [0.15, 0.2) is 58.5 Å². The number of amides is 2. The monoisotopic (exact) mass is 2320 g/mol. The average molecular weight is 2320 g/mol. The Morgan fingerprint density at radius 3 is 1.36 bits per heavy atom. The van der Waals surface area contributed by atoms with Crippen molar-refractivity contribution in [3.05, 3.63) is 88.2 Å². The van der Waals surface area contributed by atoms with Crippen LogP contribution in [0.5, 0.6) is 34.5 Å². The Morgan fingerprint density at radius 1 is 0.650 bits per heavy atom. The molecule has 560 valence electrons. The first-order valence-corrected chi connectivity index (χ1v) is 39.6. The van der Waals surface area contributed by atoms with Gasteiger partial charge >= 0.3 is 24.1 Å². The summed E-state index contributed by atoms with van der Waals surface area (Å²) in [7, 11) is 2.79. The fraction of sp³-hybridized carbons (Fsp3) is 0.508. The Balaban J connectivity index is 0.000000824. The lowest BCUT2D eigenvalue weighted by atomic mass is 10.0. The number of halogens is 9. The van der Waals surface area contributed by atoms with E-state index < -0.39 is 41.9 Å². The third kappa shape index (κ3) is 39.4. The lowest BCUT2D eigenvalue weighted by molar-refractivity contribution is -0.146. The molecule has 1 aliphatic heterocycles. The first-order valence-electron chi connectivity index (χ1n) is 30.4. The molecule has 1 saturated heterocycles. The number of nitrogens with two attached hydrogens (primary N) is 3. The number of aliphatic hydroxyl groups is 1. The maximum atomic E-state index is 12.3. The standard InChI is InChI=1S/C32H42I4N4O9.C20H19I4NO6.C9H19N3O2.C3H5ClO.CH4/c1-6-18(29(43)45-5)8-7-9-38-30(37)39-15-19(42)16-46-28-25(35)12-21(13-26(28)36)48-20-10-23(33)22(24(34)11-20)14-27(47-17-41)40-31(44)49-32(2,3)4;1-20(2,3)31-19(28)25-17(29-9-26)8-12-13(21)4-10(5-14(12)22)30-11-6-15(23)18(27)16(24)7-11;1-3-7(8(13)14-2)5-4-6-12-9(10)11;4-1-3-2-5-3;/h10-13,17-19,27,42H,6-9,14-16H2,1-5H3,(H,40,44)(H3,37,38,39);4-7,9,17,27H,8H2,1-3H3,(H,25,28);7H,3-6H2,1-2H3,(H4,10,11,12);3H,1-2H2;1H4. The number of aliphatic imine (C=N–C) groups is 2. The Labute approximate surface area is 699 Å². The second kappa shape index (κ2) is 49.8. The molecule has 1 aliphatic rings. The number of benzene rings is 4. The van der Waals surface area contributed by atoms with Gasteiger partial charge in [0.2, 0.25) is 0 Å². The highest BCUT2D eigenvalue weighted by Crippen LogP contribution is 2.38. The molecule has 1 fully saturated rings. The average Bonchev–Trinajstić information content (AvgIpc) is 1.14. The highest BCUT2D eigenvalue weighted by atomic mass is 127. The quantitative estimate of drug-likeness (QED) is 0.00215. The molecule has 35 heteroatoms. The molecule has 6 atom stereocenters. The van der Waals surface area contributed by atoms with Crippen molar-refractivity contribution in [3.8, 4) is 34.5 Å². The van der Waals surface area contributed by atoms with E-state index in [0.717, 1.165) is 64.8 Å². The van der Waals surface area contributed by atoms with Gasteiger partial charge in [-0.05, 0) is 320 Å². The summed E-state index contributed by atoms with van der Waals surface area (Å²) in [6.07, 6.45) is 1.34. The van der Waals surface area contributed by atoms with Gasteiger partial charge in [0.25, 0.3) is 12.9 Å². The van der Waals surface area contributed by atoms with Crippen LogP contribution in [-0.4, -0.2) is 148 Å². The third-order valence-corrected chi connectivity index (χ3v) is 20.2. The van der Waals surface area contributed by atoms with Gasteiger partial charge in [-0.15, -0.1) is 11.6 Å². The van der Waals surface area contributed by atoms with Gasteiger partial charge in [-0.3, -0.25) is 39.8 Å². The Hall–Kier alpha value is -2.91. The van der Waals surface area contributed by atoms with Gasteiger partial charge in [0.05, 0.1) is 65.5 Å². The van der Waals surface area contributed by atoms with Crippen LogP contribution in [0, 0.1) is 40.4 Å². The summed E-state index contributed by atoms with van der Waals surface area (Å²) in [5.74, 6) is 3.70. The van der Waals surface area contributed by atoms with Gasteiger partial charge in [-0.25, -0.2) is 9.59 Å². The molecule has 1 heterocycles. The van der Waals surface area contributed by atoms with E-state index in [9.17, 15) is 39.0 Å². The molecule has 5 rings (SSSR count). The molecule has 0 aromatic heterocycles. The molecule has 100 heavy (non-hydrogen) atoms. The number of ether oxygens (including phenoxy) is 10. The highest BCUT2D eigenvalue weighted by molar-refractivity contribution is 14.1. The van der Waals surface area contributed by atoms with Gasteiger partial charge in [0.1, 0.15) is 58.4 Å². The summed E-state index contributed by atoms with van der Waals surface area (Å²) < 4.78 is 59.4. The predicted molar refractivity (Wildman–Crippen MR) is 451 cm³/mol. The SMILES string of the molecule is C.CC(C)(C)OC(=O)NC(Cc1c(I)cc(Oc2cc(I)c(O)c(I)c2)cc1I)OC=O.CCC(CCCN=C(N)N)C(=O)OC.CCC(CCCNC(N)=NCC(O)COc1c(I)cc(Oc2cc(I)c(CC(NC(=O)OC(C)(C)C)OC=O)c(I)c2)cc1I)C(=O)OC.ClCC1CO1. The highest BCUT2D eigenvalue weighted by Gasteiger charge is 2.26. The fourth-order valence-electron chi connectivity index (χ4n) is 7.99. The van der Waals surface area contributed by atoms with Gasteiger partial charge in [-0.1, -0.05) is 21.3 Å². The van der Waals surface area contributed by atoms with Crippen LogP contribution in [0.25, 0.3) is 0 Å². The Kier molecular flexibility index (Phi) is 47.4. The van der Waals surface area contributed by atoms with Crippen LogP contribution in [0.4, 0.5) is 9.59 Å². The van der Waals surface area contributed by atoms with Crippen molar-refractivity contribution in [1.29, 1.82) is 0 Å². The number of carbonyl (C=O) groups excluding carboxylic acids is 6. The molecule has 6 unspecified atom stereocenters. The lowest BCUT2D eigenvalue weighted by Gasteiger charge is -2.23. The van der Waals surface area contributed by atoms with Crippen LogP contribution in [0.3, 0.4) is 0 Å². The first kappa shape index (κ1) is 95.1. The minimum atomic E-state index is -0.916. The number of hydrogen-bond donors (Lipinski definition) is 8. The molecule has 0 spiro atoms. The van der Waals surface area contributed by atoms with Crippen molar-refractivity contribution in [2.45, 2.75) is 150 Å². The minimum absolute atomic E-state index is 0. The van der Waals surface area contributed by atoms with E-state index in [1.54, 1.807) is 53.7 Å². The number of phenols is 1. The van der Waals surface area contributed by atoms with Gasteiger partial charge < -0.3 is 80.1 Å². The molecule has 2 amide bonds. The zero-order chi connectivity index (χ0) is 74.7. The molecule has 0 bridgehead atoms. The number of nitrogens with one attached hydrogen (secondary N) is 3. The zero-order valence-electron chi connectivity index (χ0n) is 56.1. The van der Waals surface area contributed by atoms with Gasteiger partial charge in [-0.2, -0.15) is 0 Å².